The fraction of sp³-hybridized carbons (Fsp3) is 0.174. The van der Waals surface area contributed by atoms with Gasteiger partial charge < -0.3 is 10.1 Å². The molecule has 7 heteroatoms. The third-order valence-corrected chi connectivity index (χ3v) is 5.96. The number of hydrogen-bond acceptors (Lipinski definition) is 4. The summed E-state index contributed by atoms with van der Waals surface area (Å²) in [6.07, 6.45) is 0.762. The molecule has 0 unspecified atom stereocenters. The summed E-state index contributed by atoms with van der Waals surface area (Å²) in [7, 11) is -2.12. The number of carbonyl (C=O) groups excluding carboxylic acids is 1. The lowest BCUT2D eigenvalue weighted by atomic mass is 10.1. The van der Waals surface area contributed by atoms with Crippen LogP contribution in [-0.2, 0) is 21.2 Å². The predicted molar refractivity (Wildman–Crippen MR) is 118 cm³/mol. The van der Waals surface area contributed by atoms with Crippen LogP contribution in [0.15, 0.2) is 77.7 Å². The number of rotatable bonds is 8. The predicted octanol–water partition coefficient (Wildman–Crippen LogP) is 4.38. The highest BCUT2D eigenvalue weighted by atomic mass is 32.2. The molecule has 0 aromatic heterocycles. The van der Waals surface area contributed by atoms with Crippen molar-refractivity contribution in [1.29, 1.82) is 0 Å². The Bertz CT molecular complexity index is 1110. The quantitative estimate of drug-likeness (QED) is 0.562. The highest BCUT2D eigenvalue weighted by Crippen LogP contribution is 2.23. The SMILES string of the molecule is COc1ccccc1NC(=O)CCc1ccc(S(=O)(=O)Nc2ccc(C)cc2)cc1. The van der Waals surface area contributed by atoms with Crippen LogP contribution in [0.3, 0.4) is 0 Å². The molecule has 3 aromatic rings. The zero-order valence-corrected chi connectivity index (χ0v) is 17.7. The van der Waals surface area contributed by atoms with Gasteiger partial charge in [-0.1, -0.05) is 42.0 Å². The average molecular weight is 425 g/mol. The standard InChI is InChI=1S/C23H24N2O4S/c1-17-7-12-19(13-8-17)25-30(27,28)20-14-9-18(10-15-20)11-16-23(26)24-21-5-3-4-6-22(21)29-2/h3-10,12-15,25H,11,16H2,1-2H3,(H,24,26). The zero-order chi connectivity index (χ0) is 21.6. The molecule has 3 aromatic carbocycles. The van der Waals surface area contributed by atoms with Crippen LogP contribution in [0.4, 0.5) is 11.4 Å². The number of methoxy groups -OCH3 is 1. The van der Waals surface area contributed by atoms with Crippen LogP contribution in [0.2, 0.25) is 0 Å². The van der Waals surface area contributed by atoms with Crippen LogP contribution >= 0.6 is 0 Å². The maximum absolute atomic E-state index is 12.5. The summed E-state index contributed by atoms with van der Waals surface area (Å²) in [4.78, 5) is 12.4. The molecule has 0 heterocycles. The second-order valence-corrected chi connectivity index (χ2v) is 8.55. The van der Waals surface area contributed by atoms with E-state index in [1.54, 1.807) is 55.6 Å². The maximum Gasteiger partial charge on any atom is 0.261 e. The van der Waals surface area contributed by atoms with Gasteiger partial charge >= 0.3 is 0 Å². The van der Waals surface area contributed by atoms with E-state index in [0.717, 1.165) is 11.1 Å². The normalized spacial score (nSPS) is 11.0. The van der Waals surface area contributed by atoms with Crippen molar-refractivity contribution in [3.05, 3.63) is 83.9 Å². The number of amides is 1. The fourth-order valence-corrected chi connectivity index (χ4v) is 3.95. The van der Waals surface area contributed by atoms with Crippen LogP contribution < -0.4 is 14.8 Å². The number of sulfonamides is 1. The van der Waals surface area contributed by atoms with Gasteiger partial charge in [-0.3, -0.25) is 9.52 Å². The van der Waals surface area contributed by atoms with Gasteiger partial charge in [0, 0.05) is 12.1 Å². The number of benzene rings is 3. The third-order valence-electron chi connectivity index (χ3n) is 4.56. The molecule has 2 N–H and O–H groups in total. The third kappa shape index (κ3) is 5.61. The maximum atomic E-state index is 12.5. The summed E-state index contributed by atoms with van der Waals surface area (Å²) in [5, 5.41) is 2.83. The Labute approximate surface area is 177 Å². The molecular formula is C23H24N2O4S. The first kappa shape index (κ1) is 21.4. The van der Waals surface area contributed by atoms with Crippen LogP contribution in [-0.4, -0.2) is 21.4 Å². The number of carbonyl (C=O) groups is 1. The number of aryl methyl sites for hydroxylation is 2. The highest BCUT2D eigenvalue weighted by molar-refractivity contribution is 7.92. The minimum atomic E-state index is -3.67. The van der Waals surface area contributed by atoms with Gasteiger partial charge in [-0.2, -0.15) is 0 Å². The first-order valence-corrected chi connectivity index (χ1v) is 11.0. The van der Waals surface area contributed by atoms with Crippen LogP contribution in [0, 0.1) is 6.92 Å². The van der Waals surface area contributed by atoms with Crippen molar-refractivity contribution in [2.75, 3.05) is 17.1 Å². The van der Waals surface area contributed by atoms with Crippen molar-refractivity contribution in [3.8, 4) is 5.75 Å². The Hall–Kier alpha value is -3.32. The smallest absolute Gasteiger partial charge is 0.261 e. The summed E-state index contributed by atoms with van der Waals surface area (Å²) >= 11 is 0. The average Bonchev–Trinajstić information content (AvgIpc) is 2.74. The largest absolute Gasteiger partial charge is 0.495 e. The molecule has 0 saturated heterocycles. The summed E-state index contributed by atoms with van der Waals surface area (Å²) in [6, 6.07) is 20.9. The first-order chi connectivity index (χ1) is 14.4. The molecule has 0 aliphatic heterocycles. The molecule has 6 nitrogen and oxygen atoms in total. The van der Waals surface area contributed by atoms with E-state index < -0.39 is 10.0 Å². The Morgan fingerprint density at radius 2 is 1.60 bits per heavy atom. The number of nitrogens with one attached hydrogen (secondary N) is 2. The summed E-state index contributed by atoms with van der Waals surface area (Å²) < 4.78 is 32.9. The second kappa shape index (κ2) is 9.45. The summed E-state index contributed by atoms with van der Waals surface area (Å²) in [6.45, 7) is 1.94. The molecule has 0 atom stereocenters. The number of para-hydroxylation sites is 2. The summed E-state index contributed by atoms with van der Waals surface area (Å²) in [5.41, 5.74) is 3.06. The fourth-order valence-electron chi connectivity index (χ4n) is 2.89. The molecule has 0 aliphatic rings. The van der Waals surface area contributed by atoms with Crippen LogP contribution in [0.5, 0.6) is 5.75 Å². The van der Waals surface area contributed by atoms with Gasteiger partial charge in [0.25, 0.3) is 10.0 Å². The van der Waals surface area contributed by atoms with Crippen molar-refractivity contribution in [1.82, 2.24) is 0 Å². The number of ether oxygens (including phenoxy) is 1. The number of anilines is 2. The summed E-state index contributed by atoms with van der Waals surface area (Å²) in [5.74, 6) is 0.457. The Kier molecular flexibility index (Phi) is 6.74. The van der Waals surface area contributed by atoms with E-state index >= 15 is 0 Å². The molecule has 0 fully saturated rings. The molecule has 0 saturated carbocycles. The van der Waals surface area contributed by atoms with Gasteiger partial charge in [0.2, 0.25) is 5.91 Å². The number of hydrogen-bond donors (Lipinski definition) is 2. The van der Waals surface area contributed by atoms with Gasteiger partial charge in [0.05, 0.1) is 17.7 Å². The van der Waals surface area contributed by atoms with Crippen LogP contribution in [0.25, 0.3) is 0 Å². The minimum absolute atomic E-state index is 0.141. The minimum Gasteiger partial charge on any atom is -0.495 e. The van der Waals surface area contributed by atoms with E-state index in [1.807, 2.05) is 31.2 Å². The van der Waals surface area contributed by atoms with Gasteiger partial charge in [0.15, 0.2) is 0 Å². The Morgan fingerprint density at radius 1 is 0.933 bits per heavy atom. The van der Waals surface area contributed by atoms with E-state index in [0.29, 0.717) is 23.5 Å². The van der Waals surface area contributed by atoms with E-state index in [4.69, 9.17) is 4.74 Å². The molecule has 0 radical (unpaired) electrons. The topological polar surface area (TPSA) is 84.5 Å². The second-order valence-electron chi connectivity index (χ2n) is 6.86. The van der Waals surface area contributed by atoms with Gasteiger partial charge in [-0.05, 0) is 55.3 Å². The molecule has 3 rings (SSSR count). The van der Waals surface area contributed by atoms with E-state index in [2.05, 4.69) is 10.0 Å². The lowest BCUT2D eigenvalue weighted by Crippen LogP contribution is -2.14. The zero-order valence-electron chi connectivity index (χ0n) is 16.9. The molecular weight excluding hydrogens is 400 g/mol. The van der Waals surface area contributed by atoms with Crippen molar-refractivity contribution in [2.24, 2.45) is 0 Å². The van der Waals surface area contributed by atoms with E-state index in [-0.39, 0.29) is 17.2 Å². The van der Waals surface area contributed by atoms with Crippen molar-refractivity contribution >= 4 is 27.3 Å². The first-order valence-electron chi connectivity index (χ1n) is 9.49. The lowest BCUT2D eigenvalue weighted by Gasteiger charge is -2.10. The Morgan fingerprint density at radius 3 is 2.27 bits per heavy atom. The van der Waals surface area contributed by atoms with Gasteiger partial charge in [0.1, 0.15) is 5.75 Å². The highest BCUT2D eigenvalue weighted by Gasteiger charge is 2.14. The van der Waals surface area contributed by atoms with Crippen molar-refractivity contribution < 1.29 is 17.9 Å². The lowest BCUT2D eigenvalue weighted by molar-refractivity contribution is -0.116. The molecule has 156 valence electrons. The monoisotopic (exact) mass is 424 g/mol. The Balaban J connectivity index is 1.58. The molecule has 0 bridgehead atoms. The van der Waals surface area contributed by atoms with E-state index in [1.165, 1.54) is 0 Å². The van der Waals surface area contributed by atoms with Gasteiger partial charge in [-0.15, -0.1) is 0 Å². The van der Waals surface area contributed by atoms with Gasteiger partial charge in [-0.25, -0.2) is 8.42 Å². The van der Waals surface area contributed by atoms with E-state index in [9.17, 15) is 13.2 Å². The molecule has 0 spiro atoms. The molecule has 30 heavy (non-hydrogen) atoms. The molecule has 0 aliphatic carbocycles. The van der Waals surface area contributed by atoms with Crippen molar-refractivity contribution in [3.63, 3.8) is 0 Å². The van der Waals surface area contributed by atoms with Crippen LogP contribution in [0.1, 0.15) is 17.5 Å². The molecule has 1 amide bonds. The van der Waals surface area contributed by atoms with Crippen molar-refractivity contribution in [2.45, 2.75) is 24.7 Å².